The molecule has 26 heavy (non-hydrogen) atoms. The van der Waals surface area contributed by atoms with Gasteiger partial charge in [-0.3, -0.25) is 0 Å². The summed E-state index contributed by atoms with van der Waals surface area (Å²) in [5, 5.41) is 14.8. The highest BCUT2D eigenvalue weighted by atomic mass is 35.5. The van der Waals surface area contributed by atoms with Crippen LogP contribution in [0, 0.1) is 0 Å². The fraction of sp³-hybridized carbons (Fsp3) is 0.0500. The summed E-state index contributed by atoms with van der Waals surface area (Å²) in [6, 6.07) is 19.8. The number of hydrogen-bond acceptors (Lipinski definition) is 4. The number of aromatic nitrogens is 3. The van der Waals surface area contributed by atoms with Crippen molar-refractivity contribution in [1.29, 1.82) is 0 Å². The van der Waals surface area contributed by atoms with E-state index in [-0.39, 0.29) is 0 Å². The van der Waals surface area contributed by atoms with Crippen LogP contribution in [0.3, 0.4) is 0 Å². The molecule has 0 radical (unpaired) electrons. The van der Waals surface area contributed by atoms with Gasteiger partial charge in [0, 0.05) is 10.6 Å². The van der Waals surface area contributed by atoms with E-state index in [1.807, 2.05) is 48.5 Å². The average molecular weight is 363 g/mol. The number of fused-ring (bicyclic) bond motifs is 1. The normalized spacial score (nSPS) is 11.3. The lowest BCUT2D eigenvalue weighted by atomic mass is 10.0. The Morgan fingerprint density at radius 3 is 2.54 bits per heavy atom. The molecule has 0 atom stereocenters. The molecule has 0 aliphatic rings. The van der Waals surface area contributed by atoms with Crippen molar-refractivity contribution in [3.05, 3.63) is 89.5 Å². The Bertz CT molecular complexity index is 1040. The van der Waals surface area contributed by atoms with Gasteiger partial charge in [0.2, 0.25) is 0 Å². The van der Waals surface area contributed by atoms with Gasteiger partial charge in [-0.05, 0) is 34.5 Å². The summed E-state index contributed by atoms with van der Waals surface area (Å²) in [4.78, 5) is 0. The maximum Gasteiger partial charge on any atom is 0.141 e. The minimum absolute atomic E-state index is 0.447. The molecule has 0 saturated carbocycles. The Balaban J connectivity index is 1.68. The van der Waals surface area contributed by atoms with Crippen LogP contribution in [0.4, 0.5) is 0 Å². The van der Waals surface area contributed by atoms with Crippen molar-refractivity contribution in [2.45, 2.75) is 6.61 Å². The molecular weight excluding hydrogens is 348 g/mol. The van der Waals surface area contributed by atoms with Gasteiger partial charge in [0.15, 0.2) is 0 Å². The summed E-state index contributed by atoms with van der Waals surface area (Å²) < 4.78 is 7.61. The van der Waals surface area contributed by atoms with Gasteiger partial charge < -0.3 is 4.74 Å². The van der Waals surface area contributed by atoms with Crippen molar-refractivity contribution in [3.8, 4) is 5.75 Å². The Morgan fingerprint density at radius 2 is 1.73 bits per heavy atom. The molecule has 3 aromatic carbocycles. The predicted molar refractivity (Wildman–Crippen MR) is 103 cm³/mol. The number of ether oxygens (including phenoxy) is 1. The second kappa shape index (κ2) is 7.37. The molecule has 0 amide bonds. The number of halogens is 1. The summed E-state index contributed by atoms with van der Waals surface area (Å²) in [5.41, 5.74) is 1.95. The van der Waals surface area contributed by atoms with Crippen molar-refractivity contribution in [3.63, 3.8) is 0 Å². The Hall–Kier alpha value is -3.18. The molecule has 0 aliphatic heterocycles. The lowest BCUT2D eigenvalue weighted by Gasteiger charge is -2.12. The van der Waals surface area contributed by atoms with E-state index in [1.165, 1.54) is 12.7 Å². The monoisotopic (exact) mass is 362 g/mol. The van der Waals surface area contributed by atoms with Crippen molar-refractivity contribution in [2.75, 3.05) is 0 Å². The topological polar surface area (TPSA) is 52.3 Å². The van der Waals surface area contributed by atoms with Crippen LogP contribution in [0.15, 0.2) is 78.4 Å². The minimum atomic E-state index is 0.447. The van der Waals surface area contributed by atoms with Gasteiger partial charge in [-0.25, -0.2) is 4.68 Å². The van der Waals surface area contributed by atoms with Gasteiger partial charge >= 0.3 is 0 Å². The first kappa shape index (κ1) is 16.3. The molecule has 0 bridgehead atoms. The molecule has 1 heterocycles. The van der Waals surface area contributed by atoms with Gasteiger partial charge in [0.25, 0.3) is 0 Å². The summed E-state index contributed by atoms with van der Waals surface area (Å²) in [6.07, 6.45) is 4.84. The van der Waals surface area contributed by atoms with E-state index in [2.05, 4.69) is 27.4 Å². The number of rotatable bonds is 5. The van der Waals surface area contributed by atoms with E-state index >= 15 is 0 Å². The van der Waals surface area contributed by atoms with E-state index in [0.717, 1.165) is 27.6 Å². The molecule has 0 saturated heterocycles. The maximum atomic E-state index is 6.07. The van der Waals surface area contributed by atoms with Crippen LogP contribution < -0.4 is 4.74 Å². The molecule has 4 rings (SSSR count). The van der Waals surface area contributed by atoms with Gasteiger partial charge in [-0.15, -0.1) is 10.2 Å². The van der Waals surface area contributed by atoms with E-state index in [4.69, 9.17) is 16.3 Å². The largest absolute Gasteiger partial charge is 0.488 e. The van der Waals surface area contributed by atoms with Crippen LogP contribution in [0.5, 0.6) is 5.75 Å². The van der Waals surface area contributed by atoms with Crippen molar-refractivity contribution in [2.24, 2.45) is 5.10 Å². The lowest BCUT2D eigenvalue weighted by Crippen LogP contribution is -2.00. The maximum absolute atomic E-state index is 6.07. The van der Waals surface area contributed by atoms with Crippen LogP contribution in [0.25, 0.3) is 10.8 Å². The van der Waals surface area contributed by atoms with Crippen LogP contribution in [0.2, 0.25) is 5.02 Å². The van der Waals surface area contributed by atoms with E-state index in [0.29, 0.717) is 11.6 Å². The van der Waals surface area contributed by atoms with Gasteiger partial charge in [0.1, 0.15) is 25.0 Å². The van der Waals surface area contributed by atoms with E-state index in [9.17, 15) is 0 Å². The first-order chi connectivity index (χ1) is 12.8. The first-order valence-electron chi connectivity index (χ1n) is 8.07. The first-order valence-corrected chi connectivity index (χ1v) is 8.45. The molecule has 0 fully saturated rings. The number of hydrogen-bond donors (Lipinski definition) is 0. The van der Waals surface area contributed by atoms with E-state index < -0.39 is 0 Å². The third-order valence-corrected chi connectivity index (χ3v) is 4.22. The second-order valence-corrected chi connectivity index (χ2v) is 6.14. The van der Waals surface area contributed by atoms with Crippen LogP contribution in [-0.4, -0.2) is 21.1 Å². The SMILES string of the molecule is Clc1ccc(COc2ccc3ccccc3c2/C=N\n2cnnc2)cc1. The predicted octanol–water partition coefficient (Wildman–Crippen LogP) is 4.55. The highest BCUT2D eigenvalue weighted by Gasteiger charge is 2.08. The Kier molecular flexibility index (Phi) is 4.62. The number of benzene rings is 3. The zero-order valence-corrected chi connectivity index (χ0v) is 14.5. The molecule has 0 unspecified atom stereocenters. The van der Waals surface area contributed by atoms with Crippen molar-refractivity contribution in [1.82, 2.24) is 14.9 Å². The van der Waals surface area contributed by atoms with Gasteiger partial charge in [-0.1, -0.05) is 54.1 Å². The average Bonchev–Trinajstić information content (AvgIpc) is 3.19. The minimum Gasteiger partial charge on any atom is -0.488 e. The standard InChI is InChI=1S/C20H15ClN4O/c21-17-8-5-15(6-9-17)12-26-20-10-7-16-3-1-2-4-18(16)19(20)11-24-25-13-22-23-14-25/h1-11,13-14H,12H2/b24-11-. The fourth-order valence-electron chi connectivity index (χ4n) is 2.66. The Labute approximate surface area is 155 Å². The van der Waals surface area contributed by atoms with Crippen LogP contribution >= 0.6 is 11.6 Å². The molecule has 6 heteroatoms. The Morgan fingerprint density at radius 1 is 0.962 bits per heavy atom. The third-order valence-electron chi connectivity index (χ3n) is 3.97. The van der Waals surface area contributed by atoms with Crippen LogP contribution in [0.1, 0.15) is 11.1 Å². The van der Waals surface area contributed by atoms with Crippen molar-refractivity contribution >= 4 is 28.6 Å². The molecular formula is C20H15ClN4O. The highest BCUT2D eigenvalue weighted by molar-refractivity contribution is 6.30. The second-order valence-electron chi connectivity index (χ2n) is 5.70. The summed E-state index contributed by atoms with van der Waals surface area (Å²) in [7, 11) is 0. The number of nitrogens with zero attached hydrogens (tertiary/aromatic N) is 4. The quantitative estimate of drug-likeness (QED) is 0.489. The molecule has 128 valence electrons. The molecule has 0 spiro atoms. The molecule has 5 nitrogen and oxygen atoms in total. The molecule has 4 aromatic rings. The molecule has 0 N–H and O–H groups in total. The summed E-state index contributed by atoms with van der Waals surface area (Å²) in [5.74, 6) is 0.760. The highest BCUT2D eigenvalue weighted by Crippen LogP contribution is 2.27. The molecule has 0 aliphatic carbocycles. The van der Waals surface area contributed by atoms with Gasteiger partial charge in [0.05, 0.1) is 6.21 Å². The van der Waals surface area contributed by atoms with E-state index in [1.54, 1.807) is 10.9 Å². The fourth-order valence-corrected chi connectivity index (χ4v) is 2.78. The van der Waals surface area contributed by atoms with Crippen molar-refractivity contribution < 1.29 is 4.74 Å². The zero-order valence-electron chi connectivity index (χ0n) is 13.8. The van der Waals surface area contributed by atoms with Crippen LogP contribution in [-0.2, 0) is 6.61 Å². The van der Waals surface area contributed by atoms with Gasteiger partial charge in [-0.2, -0.15) is 5.10 Å². The summed E-state index contributed by atoms with van der Waals surface area (Å²) >= 11 is 5.94. The zero-order chi connectivity index (χ0) is 17.8. The summed E-state index contributed by atoms with van der Waals surface area (Å²) in [6.45, 7) is 0.447. The smallest absolute Gasteiger partial charge is 0.141 e. The third kappa shape index (κ3) is 3.58. The molecule has 1 aromatic heterocycles. The lowest BCUT2D eigenvalue weighted by molar-refractivity contribution is 0.306.